The third-order valence-corrected chi connectivity index (χ3v) is 4.05. The topological polar surface area (TPSA) is 3.24 Å². The average molecular weight is 292 g/mol. The Morgan fingerprint density at radius 2 is 1.44 bits per heavy atom. The Morgan fingerprint density at radius 3 is 1.94 bits per heavy atom. The first-order valence-electron chi connectivity index (χ1n) is 6.98. The van der Waals surface area contributed by atoms with E-state index in [0.29, 0.717) is 0 Å². The van der Waals surface area contributed by atoms with Gasteiger partial charge < -0.3 is 4.90 Å². The largest absolute Gasteiger partial charge is 0.304 e. The van der Waals surface area contributed by atoms with Crippen LogP contribution < -0.4 is 0 Å². The molecule has 1 atom stereocenters. The van der Waals surface area contributed by atoms with E-state index in [0.717, 1.165) is 6.04 Å². The first kappa shape index (κ1) is 16.4. The third kappa shape index (κ3) is 9.65. The van der Waals surface area contributed by atoms with E-state index in [1.807, 2.05) is 0 Å². The summed E-state index contributed by atoms with van der Waals surface area (Å²) in [6.45, 7) is 5.86. The molecular weight excluding hydrogens is 262 g/mol. The van der Waals surface area contributed by atoms with Crippen molar-refractivity contribution in [2.45, 2.75) is 71.3 Å². The zero-order valence-corrected chi connectivity index (χ0v) is 13.1. The molecule has 0 aliphatic carbocycles. The lowest BCUT2D eigenvalue weighted by atomic mass is 10.1. The lowest BCUT2D eigenvalue weighted by molar-refractivity contribution is 0.246. The summed E-state index contributed by atoms with van der Waals surface area (Å²) in [6.07, 6.45) is 11.1. The minimum atomic E-state index is 0.749. The fourth-order valence-corrected chi connectivity index (χ4v) is 2.27. The molecule has 0 aromatic carbocycles. The van der Waals surface area contributed by atoms with Crippen LogP contribution in [0.4, 0.5) is 0 Å². The van der Waals surface area contributed by atoms with Crippen LogP contribution in [0.5, 0.6) is 0 Å². The molecule has 0 N–H and O–H groups in total. The molecule has 1 nitrogen and oxygen atoms in total. The fourth-order valence-electron chi connectivity index (χ4n) is 1.87. The first-order valence-corrected chi connectivity index (χ1v) is 8.10. The van der Waals surface area contributed by atoms with Gasteiger partial charge >= 0.3 is 0 Å². The highest BCUT2D eigenvalue weighted by atomic mass is 79.9. The summed E-state index contributed by atoms with van der Waals surface area (Å²) in [5.74, 6) is 0. The van der Waals surface area contributed by atoms with Crippen LogP contribution in [0.1, 0.15) is 65.2 Å². The van der Waals surface area contributed by atoms with Gasteiger partial charge in [-0.1, -0.05) is 55.0 Å². The third-order valence-electron chi connectivity index (χ3n) is 3.49. The molecule has 0 aromatic rings. The molecule has 2 heteroatoms. The Hall–Kier alpha value is 0.440. The van der Waals surface area contributed by atoms with E-state index in [-0.39, 0.29) is 0 Å². The summed E-state index contributed by atoms with van der Waals surface area (Å²) >= 11 is 3.47. The van der Waals surface area contributed by atoms with E-state index in [2.05, 4.69) is 41.7 Å². The van der Waals surface area contributed by atoms with Crippen molar-refractivity contribution >= 4 is 15.9 Å². The minimum absolute atomic E-state index is 0.749. The minimum Gasteiger partial charge on any atom is -0.304 e. The van der Waals surface area contributed by atoms with Crippen LogP contribution in [0.15, 0.2) is 0 Å². The summed E-state index contributed by atoms with van der Waals surface area (Å²) < 4.78 is 0. The Labute approximate surface area is 111 Å². The highest BCUT2D eigenvalue weighted by Gasteiger charge is 2.04. The van der Waals surface area contributed by atoms with Gasteiger partial charge in [0.25, 0.3) is 0 Å². The van der Waals surface area contributed by atoms with Crippen LogP contribution in [0.25, 0.3) is 0 Å². The molecule has 1 unspecified atom stereocenters. The van der Waals surface area contributed by atoms with Crippen LogP contribution in [-0.2, 0) is 0 Å². The van der Waals surface area contributed by atoms with Gasteiger partial charge in [-0.15, -0.1) is 0 Å². The standard InChI is InChI=1S/C14H30BrN/c1-4-14(2)16(3)13-11-9-7-5-6-8-10-12-15/h14H,4-13H2,1-3H3. The predicted molar refractivity (Wildman–Crippen MR) is 78.5 cm³/mol. The van der Waals surface area contributed by atoms with Gasteiger partial charge in [0.05, 0.1) is 0 Å². The van der Waals surface area contributed by atoms with Crippen molar-refractivity contribution in [1.29, 1.82) is 0 Å². The van der Waals surface area contributed by atoms with Gasteiger partial charge in [-0.3, -0.25) is 0 Å². The van der Waals surface area contributed by atoms with Crippen LogP contribution in [0.2, 0.25) is 0 Å². The second-order valence-electron chi connectivity index (χ2n) is 4.90. The van der Waals surface area contributed by atoms with Crippen molar-refractivity contribution in [2.75, 3.05) is 18.9 Å². The molecule has 0 saturated heterocycles. The SMILES string of the molecule is CCC(C)N(C)CCCCCCCCCBr. The van der Waals surface area contributed by atoms with Gasteiger partial charge in [-0.2, -0.15) is 0 Å². The van der Waals surface area contributed by atoms with Crippen LogP contribution in [-0.4, -0.2) is 29.9 Å². The summed E-state index contributed by atoms with van der Waals surface area (Å²) in [5.41, 5.74) is 0. The Balaban J connectivity index is 3.14. The second-order valence-corrected chi connectivity index (χ2v) is 5.69. The van der Waals surface area contributed by atoms with E-state index in [1.54, 1.807) is 0 Å². The van der Waals surface area contributed by atoms with Crippen molar-refractivity contribution in [3.05, 3.63) is 0 Å². The number of hydrogen-bond acceptors (Lipinski definition) is 1. The highest BCUT2D eigenvalue weighted by Crippen LogP contribution is 2.09. The van der Waals surface area contributed by atoms with Crippen molar-refractivity contribution in [3.8, 4) is 0 Å². The van der Waals surface area contributed by atoms with Crippen molar-refractivity contribution in [1.82, 2.24) is 4.90 Å². The molecule has 0 amide bonds. The molecule has 0 aliphatic heterocycles. The van der Waals surface area contributed by atoms with E-state index in [4.69, 9.17) is 0 Å². The van der Waals surface area contributed by atoms with Gasteiger partial charge in [0, 0.05) is 11.4 Å². The van der Waals surface area contributed by atoms with Crippen LogP contribution >= 0.6 is 15.9 Å². The Bertz CT molecular complexity index is 139. The van der Waals surface area contributed by atoms with E-state index in [1.165, 1.54) is 63.2 Å². The maximum absolute atomic E-state index is 3.47. The van der Waals surface area contributed by atoms with E-state index < -0.39 is 0 Å². The molecule has 0 spiro atoms. The number of rotatable bonds is 11. The molecule has 16 heavy (non-hydrogen) atoms. The van der Waals surface area contributed by atoms with E-state index in [9.17, 15) is 0 Å². The zero-order valence-electron chi connectivity index (χ0n) is 11.5. The lowest BCUT2D eigenvalue weighted by Gasteiger charge is -2.23. The molecule has 0 aromatic heterocycles. The monoisotopic (exact) mass is 291 g/mol. The van der Waals surface area contributed by atoms with Crippen molar-refractivity contribution in [2.24, 2.45) is 0 Å². The van der Waals surface area contributed by atoms with Gasteiger partial charge in [-0.25, -0.2) is 0 Å². The summed E-state index contributed by atoms with van der Waals surface area (Å²) in [7, 11) is 2.25. The summed E-state index contributed by atoms with van der Waals surface area (Å²) in [6, 6.07) is 0.749. The predicted octanol–water partition coefficient (Wildman–Crippen LogP) is 4.84. The maximum atomic E-state index is 3.47. The normalized spacial score (nSPS) is 13.3. The highest BCUT2D eigenvalue weighted by molar-refractivity contribution is 9.09. The lowest BCUT2D eigenvalue weighted by Crippen LogP contribution is -2.29. The molecule has 0 bridgehead atoms. The number of hydrogen-bond donors (Lipinski definition) is 0. The summed E-state index contributed by atoms with van der Waals surface area (Å²) in [5, 5.41) is 1.17. The molecule has 98 valence electrons. The molecule has 0 heterocycles. The first-order chi connectivity index (χ1) is 7.72. The molecule has 0 fully saturated rings. The van der Waals surface area contributed by atoms with Crippen LogP contribution in [0, 0.1) is 0 Å². The van der Waals surface area contributed by atoms with Crippen molar-refractivity contribution in [3.63, 3.8) is 0 Å². The molecular formula is C14H30BrN. The summed E-state index contributed by atoms with van der Waals surface area (Å²) in [4.78, 5) is 2.49. The quantitative estimate of drug-likeness (QED) is 0.389. The smallest absolute Gasteiger partial charge is 0.00612 e. The molecule has 0 radical (unpaired) electrons. The fraction of sp³-hybridized carbons (Fsp3) is 1.00. The van der Waals surface area contributed by atoms with Gasteiger partial charge in [-0.05, 0) is 39.8 Å². The Morgan fingerprint density at radius 1 is 0.938 bits per heavy atom. The number of unbranched alkanes of at least 4 members (excludes halogenated alkanes) is 6. The van der Waals surface area contributed by atoms with Crippen LogP contribution in [0.3, 0.4) is 0 Å². The van der Waals surface area contributed by atoms with E-state index >= 15 is 0 Å². The molecule has 0 saturated carbocycles. The number of alkyl halides is 1. The van der Waals surface area contributed by atoms with Gasteiger partial charge in [0.2, 0.25) is 0 Å². The maximum Gasteiger partial charge on any atom is 0.00612 e. The number of nitrogens with zero attached hydrogens (tertiary/aromatic N) is 1. The molecule has 0 aliphatic rings. The number of halogens is 1. The molecule has 0 rings (SSSR count). The van der Waals surface area contributed by atoms with Gasteiger partial charge in [0.1, 0.15) is 0 Å². The van der Waals surface area contributed by atoms with Crippen molar-refractivity contribution < 1.29 is 0 Å². The average Bonchev–Trinajstić information content (AvgIpc) is 2.31. The zero-order chi connectivity index (χ0) is 12.2. The second kappa shape index (κ2) is 11.9. The van der Waals surface area contributed by atoms with Gasteiger partial charge in [0.15, 0.2) is 0 Å². The Kier molecular flexibility index (Phi) is 12.2.